The predicted molar refractivity (Wildman–Crippen MR) is 44.4 cm³/mol. The summed E-state index contributed by atoms with van der Waals surface area (Å²) >= 11 is 0. The molecule has 2 rings (SSSR count). The zero-order valence-corrected chi connectivity index (χ0v) is 7.20. The van der Waals surface area contributed by atoms with E-state index in [0.717, 1.165) is 17.2 Å². The molecule has 0 N–H and O–H groups in total. The maximum atomic E-state index is 5.23. The molecule has 0 unspecified atom stereocenters. The van der Waals surface area contributed by atoms with Crippen LogP contribution in [0.3, 0.4) is 0 Å². The van der Waals surface area contributed by atoms with Crippen molar-refractivity contribution in [1.82, 2.24) is 4.98 Å². The van der Waals surface area contributed by atoms with Crippen molar-refractivity contribution in [1.29, 1.82) is 0 Å². The first-order valence-corrected chi connectivity index (χ1v) is 4.03. The summed E-state index contributed by atoms with van der Waals surface area (Å²) in [6.07, 6.45) is 1.72. The molecule has 12 heavy (non-hydrogen) atoms. The van der Waals surface area contributed by atoms with Crippen molar-refractivity contribution in [2.75, 3.05) is 6.79 Å². The number of ether oxygens (including phenoxy) is 2. The van der Waals surface area contributed by atoms with E-state index < -0.39 is 0 Å². The van der Waals surface area contributed by atoms with Crippen LogP contribution < -0.4 is 9.47 Å². The zero-order valence-electron chi connectivity index (χ0n) is 7.20. The lowest BCUT2D eigenvalue weighted by Gasteiger charge is -2.03. The van der Waals surface area contributed by atoms with Crippen LogP contribution in [0, 0.1) is 0 Å². The van der Waals surface area contributed by atoms with E-state index in [0.29, 0.717) is 12.7 Å². The van der Waals surface area contributed by atoms with Crippen molar-refractivity contribution in [3.05, 3.63) is 18.0 Å². The third kappa shape index (κ3) is 1.11. The summed E-state index contributed by atoms with van der Waals surface area (Å²) in [5.41, 5.74) is 1.04. The Bertz CT molecular complexity index is 297. The Hall–Kier alpha value is -1.25. The van der Waals surface area contributed by atoms with Crippen molar-refractivity contribution >= 4 is 0 Å². The van der Waals surface area contributed by atoms with Crippen LogP contribution in [0.5, 0.6) is 11.5 Å². The van der Waals surface area contributed by atoms with Crippen molar-refractivity contribution in [2.24, 2.45) is 0 Å². The lowest BCUT2D eigenvalue weighted by molar-refractivity contribution is 0.174. The molecule has 1 aliphatic rings. The number of pyridine rings is 1. The largest absolute Gasteiger partial charge is 0.453 e. The van der Waals surface area contributed by atoms with E-state index in [1.54, 1.807) is 6.20 Å². The van der Waals surface area contributed by atoms with Crippen LogP contribution in [0.2, 0.25) is 0 Å². The lowest BCUT2D eigenvalue weighted by atomic mass is 10.1. The maximum absolute atomic E-state index is 5.23. The number of hydrogen-bond acceptors (Lipinski definition) is 3. The number of aromatic nitrogens is 1. The molecule has 0 saturated carbocycles. The Labute approximate surface area is 71.3 Å². The van der Waals surface area contributed by atoms with E-state index in [4.69, 9.17) is 9.47 Å². The topological polar surface area (TPSA) is 31.4 Å². The lowest BCUT2D eigenvalue weighted by Crippen LogP contribution is -1.93. The third-order valence-electron chi connectivity index (χ3n) is 1.87. The summed E-state index contributed by atoms with van der Waals surface area (Å²) in [7, 11) is 0. The van der Waals surface area contributed by atoms with Gasteiger partial charge in [0.05, 0.1) is 6.20 Å². The minimum Gasteiger partial charge on any atom is -0.453 e. The molecule has 2 heterocycles. The average molecular weight is 165 g/mol. The van der Waals surface area contributed by atoms with Crippen molar-refractivity contribution in [3.8, 4) is 11.5 Å². The molecule has 1 aromatic heterocycles. The molecule has 0 spiro atoms. The molecule has 3 nitrogen and oxygen atoms in total. The van der Waals surface area contributed by atoms with Gasteiger partial charge < -0.3 is 9.47 Å². The molecule has 0 saturated heterocycles. The maximum Gasteiger partial charge on any atom is 0.231 e. The molecule has 0 bridgehead atoms. The fraction of sp³-hybridized carbons (Fsp3) is 0.444. The standard InChI is InChI=1S/C9H11NO2/c1-6(2)7-3-8-9(4-10-7)12-5-11-8/h3-4,6H,5H2,1-2H3. The second-order valence-corrected chi connectivity index (χ2v) is 3.12. The van der Waals surface area contributed by atoms with Crippen LogP contribution in [0.1, 0.15) is 25.5 Å². The summed E-state index contributed by atoms with van der Waals surface area (Å²) in [4.78, 5) is 4.24. The first kappa shape index (κ1) is 7.40. The summed E-state index contributed by atoms with van der Waals surface area (Å²) in [6, 6.07) is 1.94. The molecule has 0 aliphatic carbocycles. The van der Waals surface area contributed by atoms with Crippen molar-refractivity contribution in [3.63, 3.8) is 0 Å². The smallest absolute Gasteiger partial charge is 0.231 e. The van der Waals surface area contributed by atoms with Gasteiger partial charge in [-0.1, -0.05) is 13.8 Å². The third-order valence-corrected chi connectivity index (χ3v) is 1.87. The van der Waals surface area contributed by atoms with Gasteiger partial charge in [0.25, 0.3) is 0 Å². The van der Waals surface area contributed by atoms with Crippen LogP contribution >= 0.6 is 0 Å². The van der Waals surface area contributed by atoms with E-state index >= 15 is 0 Å². The molecule has 0 atom stereocenters. The van der Waals surface area contributed by atoms with Gasteiger partial charge in [-0.3, -0.25) is 4.98 Å². The first-order chi connectivity index (χ1) is 5.77. The quantitative estimate of drug-likeness (QED) is 0.637. The zero-order chi connectivity index (χ0) is 8.55. The summed E-state index contributed by atoms with van der Waals surface area (Å²) < 4.78 is 10.4. The monoisotopic (exact) mass is 165 g/mol. The molecule has 3 heteroatoms. The first-order valence-electron chi connectivity index (χ1n) is 4.03. The highest BCUT2D eigenvalue weighted by atomic mass is 16.7. The van der Waals surface area contributed by atoms with Crippen molar-refractivity contribution in [2.45, 2.75) is 19.8 Å². The summed E-state index contributed by atoms with van der Waals surface area (Å²) in [5.74, 6) is 1.99. The Morgan fingerprint density at radius 2 is 2.08 bits per heavy atom. The second kappa shape index (κ2) is 2.66. The van der Waals surface area contributed by atoms with E-state index in [2.05, 4.69) is 18.8 Å². The second-order valence-electron chi connectivity index (χ2n) is 3.12. The fourth-order valence-electron chi connectivity index (χ4n) is 1.13. The molecule has 1 aliphatic heterocycles. The highest BCUT2D eigenvalue weighted by Crippen LogP contribution is 2.32. The van der Waals surface area contributed by atoms with Crippen LogP contribution in [0.4, 0.5) is 0 Å². The highest BCUT2D eigenvalue weighted by molar-refractivity contribution is 5.41. The predicted octanol–water partition coefficient (Wildman–Crippen LogP) is 1.93. The van der Waals surface area contributed by atoms with Gasteiger partial charge >= 0.3 is 0 Å². The van der Waals surface area contributed by atoms with Gasteiger partial charge in [-0.25, -0.2) is 0 Å². The normalized spacial score (nSPS) is 13.9. The summed E-state index contributed by atoms with van der Waals surface area (Å²) in [5, 5.41) is 0. The number of hydrogen-bond donors (Lipinski definition) is 0. The molecule has 1 aromatic rings. The van der Waals surface area contributed by atoms with E-state index in [1.165, 1.54) is 0 Å². The van der Waals surface area contributed by atoms with Crippen LogP contribution in [-0.4, -0.2) is 11.8 Å². The summed E-state index contributed by atoms with van der Waals surface area (Å²) in [6.45, 7) is 4.52. The average Bonchev–Trinajstić information content (AvgIpc) is 2.49. The molecular weight excluding hydrogens is 154 g/mol. The molecule has 0 fully saturated rings. The van der Waals surface area contributed by atoms with Gasteiger partial charge in [0.2, 0.25) is 6.79 Å². The van der Waals surface area contributed by atoms with Gasteiger partial charge in [-0.2, -0.15) is 0 Å². The Morgan fingerprint density at radius 3 is 2.83 bits per heavy atom. The van der Waals surface area contributed by atoms with Gasteiger partial charge in [-0.15, -0.1) is 0 Å². The van der Waals surface area contributed by atoms with Gasteiger partial charge in [-0.05, 0) is 5.92 Å². The van der Waals surface area contributed by atoms with Gasteiger partial charge in [0.1, 0.15) is 0 Å². The molecule has 0 amide bonds. The highest BCUT2D eigenvalue weighted by Gasteiger charge is 2.14. The Balaban J connectivity index is 2.39. The Kier molecular flexibility index (Phi) is 1.64. The minimum absolute atomic E-state index is 0.318. The number of fused-ring (bicyclic) bond motifs is 1. The minimum atomic E-state index is 0.318. The molecule has 0 aromatic carbocycles. The van der Waals surface area contributed by atoms with Crippen LogP contribution in [-0.2, 0) is 0 Å². The van der Waals surface area contributed by atoms with Gasteiger partial charge in [0, 0.05) is 11.8 Å². The van der Waals surface area contributed by atoms with E-state index in [-0.39, 0.29) is 0 Å². The van der Waals surface area contributed by atoms with Crippen LogP contribution in [0.25, 0.3) is 0 Å². The number of rotatable bonds is 1. The fourth-order valence-corrected chi connectivity index (χ4v) is 1.13. The van der Waals surface area contributed by atoms with Crippen LogP contribution in [0.15, 0.2) is 12.3 Å². The molecule has 0 radical (unpaired) electrons. The van der Waals surface area contributed by atoms with E-state index in [1.807, 2.05) is 6.07 Å². The van der Waals surface area contributed by atoms with E-state index in [9.17, 15) is 0 Å². The molecule has 64 valence electrons. The van der Waals surface area contributed by atoms with Gasteiger partial charge in [0.15, 0.2) is 11.5 Å². The Morgan fingerprint density at radius 1 is 1.33 bits per heavy atom. The molecular formula is C9H11NO2. The SMILES string of the molecule is CC(C)c1cc2c(cn1)OCO2. The number of nitrogens with zero attached hydrogens (tertiary/aromatic N) is 1. The van der Waals surface area contributed by atoms with Crippen molar-refractivity contribution < 1.29 is 9.47 Å².